The number of nitrogens with zero attached hydrogens (tertiary/aromatic N) is 2. The monoisotopic (exact) mass is 817 g/mol. The third kappa shape index (κ3) is 7.33. The van der Waals surface area contributed by atoms with E-state index in [4.69, 9.17) is 28.5 Å². The van der Waals surface area contributed by atoms with Gasteiger partial charge in [-0.25, -0.2) is 0 Å². The highest BCUT2D eigenvalue weighted by Crippen LogP contribution is 2.64. The Kier molecular flexibility index (Phi) is 10.0. The molecule has 10 rings (SSSR count). The summed E-state index contributed by atoms with van der Waals surface area (Å²) in [4.78, 5) is 64.8. The fourth-order valence-corrected chi connectivity index (χ4v) is 11.2. The van der Waals surface area contributed by atoms with Gasteiger partial charge >= 0.3 is 11.9 Å². The number of epoxide rings is 1. The molecule has 5 aliphatic heterocycles. The van der Waals surface area contributed by atoms with Crippen LogP contribution in [0.4, 0.5) is 0 Å². The molecule has 9 fully saturated rings. The lowest BCUT2D eigenvalue weighted by Crippen LogP contribution is -2.70. The number of esters is 2. The number of carbonyl (C=O) groups is 4. The molecule has 5 saturated heterocycles. The van der Waals surface area contributed by atoms with Crippen molar-refractivity contribution in [3.05, 3.63) is 41.5 Å². The molecule has 1 aromatic rings. The molecular weight excluding hydrogens is 759 g/mol. The molecule has 11 unspecified atom stereocenters. The predicted molar refractivity (Wildman–Crippen MR) is 209 cm³/mol. The number of amides is 2. The Morgan fingerprint density at radius 3 is 2.42 bits per heavy atom. The van der Waals surface area contributed by atoms with Crippen molar-refractivity contribution in [2.75, 3.05) is 13.2 Å². The van der Waals surface area contributed by atoms with Crippen LogP contribution in [0.2, 0.25) is 0 Å². The third-order valence-electron chi connectivity index (χ3n) is 14.3. The average molecular weight is 818 g/mol. The second kappa shape index (κ2) is 14.9. The maximum absolute atomic E-state index is 15.5. The standard InChI is InChI=1S/C45H59N3O11/c1-43(2,3)56-35(50)19-17-30(24-49)46-40(51)31-5-4-20-47(31)42(53)44-22-34-36-37(58-45(57-36,28-13-14-28)29-15-16-29)39(44)59-48(38(44)41(52)55-34)23-27-10-7-25(8-11-27)6-9-26-12-18-32-33(21-26)54-32/h6-11,26,28-34,36-39,49H,4-5,12-24H2,1-3H3,(H,46,51). The zero-order valence-electron chi connectivity index (χ0n) is 34.4. The number of aliphatic hydroxyl groups excluding tert-OH is 1. The van der Waals surface area contributed by atoms with Crippen molar-refractivity contribution in [2.24, 2.45) is 23.2 Å². The molecule has 9 aliphatic rings. The van der Waals surface area contributed by atoms with Crippen molar-refractivity contribution < 1.29 is 52.8 Å². The maximum Gasteiger partial charge on any atom is 0.327 e. The van der Waals surface area contributed by atoms with Gasteiger partial charge in [-0.2, -0.15) is 5.06 Å². The number of hydrogen-bond acceptors (Lipinski definition) is 12. The molecule has 0 aromatic heterocycles. The van der Waals surface area contributed by atoms with Gasteiger partial charge in [0.2, 0.25) is 11.8 Å². The minimum absolute atomic E-state index is 0.0174. The lowest BCUT2D eigenvalue weighted by Gasteiger charge is -2.50. The van der Waals surface area contributed by atoms with E-state index in [0.717, 1.165) is 56.1 Å². The molecule has 2 bridgehead atoms. The average Bonchev–Trinajstić information content (AvgIpc) is 4.16. The largest absolute Gasteiger partial charge is 0.460 e. The van der Waals surface area contributed by atoms with E-state index in [1.54, 1.807) is 30.7 Å². The van der Waals surface area contributed by atoms with Gasteiger partial charge in [0.05, 0.1) is 31.4 Å². The molecule has 0 radical (unpaired) electrons. The van der Waals surface area contributed by atoms with Crippen LogP contribution in [0.25, 0.3) is 6.08 Å². The molecule has 2 N–H and O–H groups in total. The molecular formula is C45H59N3O11. The van der Waals surface area contributed by atoms with Crippen molar-refractivity contribution in [3.8, 4) is 0 Å². The van der Waals surface area contributed by atoms with E-state index in [1.165, 1.54) is 0 Å². The number of hydroxylamine groups is 2. The number of aliphatic hydroxyl groups is 1. The number of nitrogens with one attached hydrogen (secondary N) is 1. The first-order valence-corrected chi connectivity index (χ1v) is 22.2. The van der Waals surface area contributed by atoms with E-state index in [9.17, 15) is 19.5 Å². The van der Waals surface area contributed by atoms with Gasteiger partial charge in [0.15, 0.2) is 11.8 Å². The van der Waals surface area contributed by atoms with Crippen LogP contribution in [0, 0.1) is 23.2 Å². The van der Waals surface area contributed by atoms with Gasteiger partial charge in [-0.05, 0) is 102 Å². The number of ether oxygens (including phenoxy) is 5. The number of carbonyl (C=O) groups excluding carboxylic acids is 4. The SMILES string of the molecule is CC(C)(C)OC(=O)CCC(CO)NC(=O)C1CCCN1C(=O)C12CC3OC(=O)C1N(Cc1ccc(C=CC4CCC5OC5C4)cc1)OC2C1OC(C2CC2)(C2CC2)OC31. The zero-order valence-corrected chi connectivity index (χ0v) is 34.4. The van der Waals surface area contributed by atoms with Crippen LogP contribution in [-0.4, -0.2) is 118 Å². The highest BCUT2D eigenvalue weighted by molar-refractivity contribution is 5.96. The van der Waals surface area contributed by atoms with Crippen LogP contribution >= 0.6 is 0 Å². The summed E-state index contributed by atoms with van der Waals surface area (Å²) in [6.45, 7) is 5.53. The number of likely N-dealkylation sites (tertiary alicyclic amines) is 1. The van der Waals surface area contributed by atoms with E-state index in [0.29, 0.717) is 37.5 Å². The lowest BCUT2D eigenvalue weighted by atomic mass is 9.62. The molecule has 14 heteroatoms. The van der Waals surface area contributed by atoms with E-state index in [1.807, 2.05) is 12.1 Å². The van der Waals surface area contributed by atoms with Crippen molar-refractivity contribution >= 4 is 29.8 Å². The smallest absolute Gasteiger partial charge is 0.327 e. The number of rotatable bonds is 13. The molecule has 0 spiro atoms. The third-order valence-corrected chi connectivity index (χ3v) is 14.3. The van der Waals surface area contributed by atoms with Crippen LogP contribution in [0.3, 0.4) is 0 Å². The Morgan fingerprint density at radius 2 is 1.73 bits per heavy atom. The number of fused-ring (bicyclic) bond motifs is 5. The first-order valence-electron chi connectivity index (χ1n) is 22.2. The molecule has 5 heterocycles. The molecule has 14 nitrogen and oxygen atoms in total. The highest BCUT2D eigenvalue weighted by atomic mass is 16.8. The van der Waals surface area contributed by atoms with Gasteiger partial charge < -0.3 is 39.0 Å². The first-order chi connectivity index (χ1) is 28.3. The number of allylic oxidation sites excluding steroid dienone is 1. The van der Waals surface area contributed by atoms with E-state index in [2.05, 4.69) is 29.6 Å². The van der Waals surface area contributed by atoms with Crippen LogP contribution in [0.1, 0.15) is 109 Å². The van der Waals surface area contributed by atoms with Crippen molar-refractivity contribution in [2.45, 2.75) is 171 Å². The normalized spacial score (nSPS) is 37.5. The first kappa shape index (κ1) is 39.7. The zero-order chi connectivity index (χ0) is 40.8. The summed E-state index contributed by atoms with van der Waals surface area (Å²) in [7, 11) is 0. The summed E-state index contributed by atoms with van der Waals surface area (Å²) in [5, 5.41) is 14.7. The Bertz CT molecular complexity index is 1840. The predicted octanol–water partition coefficient (Wildman–Crippen LogP) is 3.96. The van der Waals surface area contributed by atoms with Gasteiger partial charge in [0.1, 0.15) is 41.5 Å². The van der Waals surface area contributed by atoms with E-state index in [-0.39, 0.29) is 50.2 Å². The van der Waals surface area contributed by atoms with Gasteiger partial charge in [-0.1, -0.05) is 36.4 Å². The number of benzene rings is 1. The quantitative estimate of drug-likeness (QED) is 0.218. The fraction of sp³-hybridized carbons (Fsp3) is 0.733. The molecule has 59 heavy (non-hydrogen) atoms. The van der Waals surface area contributed by atoms with Crippen LogP contribution < -0.4 is 5.32 Å². The minimum Gasteiger partial charge on any atom is -0.460 e. The van der Waals surface area contributed by atoms with Gasteiger partial charge in [-0.3, -0.25) is 24.0 Å². The summed E-state index contributed by atoms with van der Waals surface area (Å²) in [5.41, 5.74) is -0.0499. The van der Waals surface area contributed by atoms with Crippen molar-refractivity contribution in [3.63, 3.8) is 0 Å². The molecule has 4 aliphatic carbocycles. The summed E-state index contributed by atoms with van der Waals surface area (Å²) in [6.07, 6.45) is 11.3. The van der Waals surface area contributed by atoms with Gasteiger partial charge in [-0.15, -0.1) is 0 Å². The summed E-state index contributed by atoms with van der Waals surface area (Å²) in [5.74, 6) is -1.45. The second-order valence-electron chi connectivity index (χ2n) is 19.7. The second-order valence-corrected chi connectivity index (χ2v) is 19.7. The molecule has 11 atom stereocenters. The van der Waals surface area contributed by atoms with Gasteiger partial charge in [0, 0.05) is 31.2 Å². The summed E-state index contributed by atoms with van der Waals surface area (Å²) >= 11 is 0. The topological polar surface area (TPSA) is 166 Å². The van der Waals surface area contributed by atoms with Crippen molar-refractivity contribution in [1.29, 1.82) is 0 Å². The summed E-state index contributed by atoms with van der Waals surface area (Å²) < 4.78 is 31.3. The van der Waals surface area contributed by atoms with E-state index >= 15 is 4.79 Å². The van der Waals surface area contributed by atoms with Crippen molar-refractivity contribution in [1.82, 2.24) is 15.3 Å². The van der Waals surface area contributed by atoms with Crippen LogP contribution in [-0.2, 0) is 54.2 Å². The minimum atomic E-state index is -1.39. The molecule has 2 amide bonds. The Morgan fingerprint density at radius 1 is 0.983 bits per heavy atom. The van der Waals surface area contributed by atoms with Crippen LogP contribution in [0.5, 0.6) is 0 Å². The summed E-state index contributed by atoms with van der Waals surface area (Å²) in [6, 6.07) is 5.58. The molecule has 320 valence electrons. The molecule has 1 aromatic carbocycles. The Labute approximate surface area is 345 Å². The van der Waals surface area contributed by atoms with Crippen LogP contribution in [0.15, 0.2) is 30.3 Å². The van der Waals surface area contributed by atoms with Gasteiger partial charge in [0.25, 0.3) is 0 Å². The Hall–Kier alpha value is -3.40. The number of hydrogen-bond donors (Lipinski definition) is 2. The van der Waals surface area contributed by atoms with E-state index < -0.39 is 77.2 Å². The fourth-order valence-electron chi connectivity index (χ4n) is 11.2. The maximum atomic E-state index is 15.5. The lowest BCUT2D eigenvalue weighted by molar-refractivity contribution is -0.235. The highest BCUT2D eigenvalue weighted by Gasteiger charge is 2.78. The molecule has 4 saturated carbocycles. The Balaban J connectivity index is 0.904.